The molecule has 0 bridgehead atoms. The van der Waals surface area contributed by atoms with Crippen LogP contribution in [0.5, 0.6) is 0 Å². The Bertz CT molecular complexity index is 621. The van der Waals surface area contributed by atoms with Gasteiger partial charge in [-0.3, -0.25) is 4.79 Å². The molecule has 0 N–H and O–H groups in total. The lowest BCUT2D eigenvalue weighted by atomic mass is 10.0. The van der Waals surface area contributed by atoms with Crippen LogP contribution < -0.4 is 0 Å². The number of benzene rings is 2. The van der Waals surface area contributed by atoms with E-state index in [0.29, 0.717) is 0 Å². The highest BCUT2D eigenvalue weighted by molar-refractivity contribution is 6.34. The number of halogens is 4. The molecule has 0 saturated heterocycles. The van der Waals surface area contributed by atoms with Crippen molar-refractivity contribution in [3.63, 3.8) is 0 Å². The summed E-state index contributed by atoms with van der Waals surface area (Å²) in [6.45, 7) is 0. The van der Waals surface area contributed by atoms with E-state index in [1.54, 1.807) is 0 Å². The second-order valence-electron chi connectivity index (χ2n) is 3.93. The fourth-order valence-electron chi connectivity index (χ4n) is 1.69. The Morgan fingerprint density at radius 1 is 1.05 bits per heavy atom. The Morgan fingerprint density at radius 3 is 2.42 bits per heavy atom. The number of hydrogen-bond acceptors (Lipinski definition) is 1. The number of carbonyl (C=O) groups excluding carboxylic acids is 1. The largest absolute Gasteiger partial charge is 0.294 e. The molecule has 2 aromatic carbocycles. The smallest absolute Gasteiger partial charge is 0.171 e. The highest BCUT2D eigenvalue weighted by Crippen LogP contribution is 2.22. The summed E-state index contributed by atoms with van der Waals surface area (Å²) in [5.41, 5.74) is -0.0766. The number of Topliss-reactive ketones (excluding diaryl/α,β-unsaturated/α-hetero) is 1. The number of ketones is 1. The third kappa shape index (κ3) is 3.11. The topological polar surface area (TPSA) is 17.1 Å². The molecule has 0 amide bonds. The monoisotopic (exact) mass is 300 g/mol. The van der Waals surface area contributed by atoms with Crippen molar-refractivity contribution in [2.45, 2.75) is 6.42 Å². The van der Waals surface area contributed by atoms with Crippen LogP contribution in [0.4, 0.5) is 8.78 Å². The van der Waals surface area contributed by atoms with Gasteiger partial charge in [0.25, 0.3) is 0 Å². The fraction of sp³-hybridized carbons (Fsp3) is 0.0714. The van der Waals surface area contributed by atoms with Gasteiger partial charge < -0.3 is 0 Å². The van der Waals surface area contributed by atoms with Crippen molar-refractivity contribution < 1.29 is 13.6 Å². The van der Waals surface area contributed by atoms with Crippen molar-refractivity contribution in [1.82, 2.24) is 0 Å². The average molecular weight is 301 g/mol. The molecule has 19 heavy (non-hydrogen) atoms. The van der Waals surface area contributed by atoms with Crippen molar-refractivity contribution in [3.05, 3.63) is 69.2 Å². The first-order valence-electron chi connectivity index (χ1n) is 5.40. The van der Waals surface area contributed by atoms with E-state index in [4.69, 9.17) is 23.2 Å². The van der Waals surface area contributed by atoms with Crippen LogP contribution in [0.2, 0.25) is 10.0 Å². The zero-order valence-electron chi connectivity index (χ0n) is 9.59. The van der Waals surface area contributed by atoms with Crippen LogP contribution >= 0.6 is 23.2 Å². The molecule has 0 spiro atoms. The molecule has 1 nitrogen and oxygen atoms in total. The molecule has 0 unspecified atom stereocenters. The third-order valence-corrected chi connectivity index (χ3v) is 3.16. The van der Waals surface area contributed by atoms with E-state index in [1.807, 2.05) is 0 Å². The molecule has 2 aromatic rings. The summed E-state index contributed by atoms with van der Waals surface area (Å²) in [6, 6.07) is 7.92. The standard InChI is InChI=1S/C14H8Cl2F2O/c15-9-5-4-8(12(18)7-9)6-13(19)14-10(16)2-1-3-11(14)17/h1-5,7H,6H2. The summed E-state index contributed by atoms with van der Waals surface area (Å²) >= 11 is 11.4. The van der Waals surface area contributed by atoms with Gasteiger partial charge in [0.15, 0.2) is 5.78 Å². The Morgan fingerprint density at radius 2 is 1.79 bits per heavy atom. The molecule has 0 aromatic heterocycles. The molecule has 0 aliphatic heterocycles. The third-order valence-electron chi connectivity index (χ3n) is 2.61. The summed E-state index contributed by atoms with van der Waals surface area (Å²) in [5, 5.41) is 0.247. The second-order valence-corrected chi connectivity index (χ2v) is 4.78. The van der Waals surface area contributed by atoms with Crippen molar-refractivity contribution in [2.75, 3.05) is 0 Å². The normalized spacial score (nSPS) is 10.5. The second kappa shape index (κ2) is 5.68. The highest BCUT2D eigenvalue weighted by Gasteiger charge is 2.17. The molecular weight excluding hydrogens is 293 g/mol. The maximum Gasteiger partial charge on any atom is 0.171 e. The summed E-state index contributed by atoms with van der Waals surface area (Å²) in [5.74, 6) is -1.90. The lowest BCUT2D eigenvalue weighted by molar-refractivity contribution is 0.0988. The van der Waals surface area contributed by atoms with E-state index in [-0.39, 0.29) is 27.6 Å². The van der Waals surface area contributed by atoms with E-state index in [9.17, 15) is 13.6 Å². The van der Waals surface area contributed by atoms with E-state index < -0.39 is 17.4 Å². The van der Waals surface area contributed by atoms with Gasteiger partial charge in [-0.25, -0.2) is 8.78 Å². The first-order chi connectivity index (χ1) is 8.99. The predicted molar refractivity (Wildman–Crippen MR) is 70.9 cm³/mol. The highest BCUT2D eigenvalue weighted by atomic mass is 35.5. The maximum atomic E-state index is 13.6. The van der Waals surface area contributed by atoms with Crippen molar-refractivity contribution >= 4 is 29.0 Å². The van der Waals surface area contributed by atoms with Crippen molar-refractivity contribution in [1.29, 1.82) is 0 Å². The molecule has 2 rings (SSSR count). The number of carbonyl (C=O) groups is 1. The molecule has 0 fully saturated rings. The minimum Gasteiger partial charge on any atom is -0.294 e. The average Bonchev–Trinajstić information content (AvgIpc) is 2.32. The number of rotatable bonds is 3. The van der Waals surface area contributed by atoms with E-state index in [2.05, 4.69) is 0 Å². The van der Waals surface area contributed by atoms with Gasteiger partial charge in [0.05, 0.1) is 10.6 Å². The molecule has 0 aliphatic carbocycles. The molecule has 0 radical (unpaired) electrons. The SMILES string of the molecule is O=C(Cc1ccc(Cl)cc1F)c1c(F)cccc1Cl. The van der Waals surface area contributed by atoms with Gasteiger partial charge in [-0.1, -0.05) is 35.3 Å². The lowest BCUT2D eigenvalue weighted by Crippen LogP contribution is -2.08. The summed E-state index contributed by atoms with van der Waals surface area (Å²) in [6.07, 6.45) is -0.274. The fourth-order valence-corrected chi connectivity index (χ4v) is 2.12. The van der Waals surface area contributed by atoms with Crippen LogP contribution in [0.3, 0.4) is 0 Å². The van der Waals surface area contributed by atoms with Crippen LogP contribution in [-0.4, -0.2) is 5.78 Å². The summed E-state index contributed by atoms with van der Waals surface area (Å²) < 4.78 is 27.1. The van der Waals surface area contributed by atoms with Crippen LogP contribution in [-0.2, 0) is 6.42 Å². The quantitative estimate of drug-likeness (QED) is 0.751. The minimum atomic E-state index is -0.716. The lowest BCUT2D eigenvalue weighted by Gasteiger charge is -2.06. The van der Waals surface area contributed by atoms with Gasteiger partial charge in [-0.15, -0.1) is 0 Å². The molecule has 98 valence electrons. The van der Waals surface area contributed by atoms with Crippen LogP contribution in [0, 0.1) is 11.6 Å². The Kier molecular flexibility index (Phi) is 4.17. The zero-order chi connectivity index (χ0) is 14.0. The van der Waals surface area contributed by atoms with Gasteiger partial charge in [0.2, 0.25) is 0 Å². The van der Waals surface area contributed by atoms with E-state index >= 15 is 0 Å². The van der Waals surface area contributed by atoms with Crippen LogP contribution in [0.1, 0.15) is 15.9 Å². The first-order valence-corrected chi connectivity index (χ1v) is 6.16. The van der Waals surface area contributed by atoms with Gasteiger partial charge in [-0.05, 0) is 29.8 Å². The molecule has 0 aliphatic rings. The van der Waals surface area contributed by atoms with Crippen LogP contribution in [0.15, 0.2) is 36.4 Å². The summed E-state index contributed by atoms with van der Waals surface area (Å²) in [4.78, 5) is 12.0. The Hall–Kier alpha value is -1.45. The van der Waals surface area contributed by atoms with E-state index in [1.165, 1.54) is 24.3 Å². The van der Waals surface area contributed by atoms with Gasteiger partial charge in [0.1, 0.15) is 11.6 Å². The number of hydrogen-bond donors (Lipinski definition) is 0. The van der Waals surface area contributed by atoms with Gasteiger partial charge in [-0.2, -0.15) is 0 Å². The first kappa shape index (κ1) is 14.0. The Balaban J connectivity index is 2.31. The van der Waals surface area contributed by atoms with Crippen molar-refractivity contribution in [2.24, 2.45) is 0 Å². The molecule has 0 saturated carbocycles. The van der Waals surface area contributed by atoms with E-state index in [0.717, 1.165) is 12.1 Å². The summed E-state index contributed by atoms with van der Waals surface area (Å²) in [7, 11) is 0. The molecule has 5 heteroatoms. The van der Waals surface area contributed by atoms with Crippen LogP contribution in [0.25, 0.3) is 0 Å². The molecule has 0 heterocycles. The minimum absolute atomic E-state index is 0.0133. The Labute approximate surface area is 118 Å². The predicted octanol–water partition coefficient (Wildman–Crippen LogP) is 4.70. The maximum absolute atomic E-state index is 13.6. The molecular formula is C14H8Cl2F2O. The molecule has 0 atom stereocenters. The van der Waals surface area contributed by atoms with Gasteiger partial charge >= 0.3 is 0 Å². The zero-order valence-corrected chi connectivity index (χ0v) is 11.1. The van der Waals surface area contributed by atoms with Crippen molar-refractivity contribution in [3.8, 4) is 0 Å². The van der Waals surface area contributed by atoms with Gasteiger partial charge in [0, 0.05) is 11.4 Å².